The lowest BCUT2D eigenvalue weighted by Crippen LogP contribution is -2.00. The third-order valence-corrected chi connectivity index (χ3v) is 2.28. The molecule has 0 N–H and O–H groups in total. The molecule has 1 heterocycles. The Morgan fingerprint density at radius 1 is 1.07 bits per heavy atom. The van der Waals surface area contributed by atoms with Gasteiger partial charge in [0, 0.05) is 7.05 Å². The molecule has 0 atom stereocenters. The van der Waals surface area contributed by atoms with E-state index in [1.165, 1.54) is 24.2 Å². The molecule has 0 fully saturated rings. The molecule has 15 heavy (non-hydrogen) atoms. The van der Waals surface area contributed by atoms with Crippen molar-refractivity contribution in [2.24, 2.45) is 7.05 Å². The predicted octanol–water partition coefficient (Wildman–Crippen LogP) is 3.14. The molecule has 0 amide bonds. The minimum Gasteiger partial charge on any atom is -0.252 e. The molecule has 0 aromatic carbocycles. The van der Waals surface area contributed by atoms with Crippen molar-refractivity contribution in [3.63, 3.8) is 0 Å². The average Bonchev–Trinajstić information content (AvgIpc) is 2.61. The Balaban J connectivity index is 0.000000921. The number of unbranched alkanes of at least 4 members (excludes halogenated alkanes) is 1. The zero-order valence-corrected chi connectivity index (χ0v) is 10.9. The van der Waals surface area contributed by atoms with Crippen LogP contribution in [0.15, 0.2) is 0 Å². The molecule has 1 aromatic heterocycles. The summed E-state index contributed by atoms with van der Waals surface area (Å²) in [5.41, 5.74) is 2.52. The predicted molar refractivity (Wildman–Crippen MR) is 65.0 cm³/mol. The molecule has 0 bridgehead atoms. The summed E-state index contributed by atoms with van der Waals surface area (Å²) in [6, 6.07) is 0. The first-order valence-corrected chi connectivity index (χ1v) is 6.17. The van der Waals surface area contributed by atoms with Crippen molar-refractivity contribution in [1.82, 2.24) is 15.0 Å². The highest BCUT2D eigenvalue weighted by atomic mass is 15.4. The highest BCUT2D eigenvalue weighted by Gasteiger charge is 2.08. The molecule has 88 valence electrons. The maximum absolute atomic E-state index is 4.17. The van der Waals surface area contributed by atoms with E-state index in [9.17, 15) is 0 Å². The van der Waals surface area contributed by atoms with Crippen LogP contribution < -0.4 is 0 Å². The van der Waals surface area contributed by atoms with Crippen molar-refractivity contribution >= 4 is 0 Å². The van der Waals surface area contributed by atoms with Gasteiger partial charge in [-0.1, -0.05) is 45.7 Å². The van der Waals surface area contributed by atoms with Crippen LogP contribution in [-0.4, -0.2) is 15.0 Å². The molecule has 3 nitrogen and oxygen atoms in total. The highest BCUT2D eigenvalue weighted by Crippen LogP contribution is 2.10. The van der Waals surface area contributed by atoms with E-state index in [0.717, 1.165) is 19.3 Å². The van der Waals surface area contributed by atoms with E-state index in [4.69, 9.17) is 0 Å². The van der Waals surface area contributed by atoms with E-state index >= 15 is 0 Å². The first-order chi connectivity index (χ1) is 7.29. The number of nitrogens with zero attached hydrogens (tertiary/aromatic N) is 3. The van der Waals surface area contributed by atoms with Gasteiger partial charge in [-0.3, -0.25) is 4.68 Å². The number of hydrogen-bond acceptors (Lipinski definition) is 2. The zero-order chi connectivity index (χ0) is 11.7. The largest absolute Gasteiger partial charge is 0.252 e. The summed E-state index contributed by atoms with van der Waals surface area (Å²) in [5, 5.41) is 8.23. The third kappa shape index (κ3) is 4.45. The first kappa shape index (κ1) is 14.1. The Labute approximate surface area is 93.9 Å². The second-order valence-corrected chi connectivity index (χ2v) is 3.46. The Morgan fingerprint density at radius 2 is 1.73 bits per heavy atom. The number of aromatic nitrogens is 3. The van der Waals surface area contributed by atoms with Gasteiger partial charge in [0.25, 0.3) is 0 Å². The van der Waals surface area contributed by atoms with Crippen molar-refractivity contribution in [1.29, 1.82) is 0 Å². The monoisotopic (exact) mass is 211 g/mol. The number of rotatable bonds is 5. The summed E-state index contributed by atoms with van der Waals surface area (Å²) in [5.74, 6) is 0. The molecule has 0 saturated carbocycles. The van der Waals surface area contributed by atoms with Crippen LogP contribution in [0.2, 0.25) is 0 Å². The van der Waals surface area contributed by atoms with Gasteiger partial charge in [0.15, 0.2) is 0 Å². The molecular formula is C12H25N3. The maximum Gasteiger partial charge on any atom is 0.0858 e. The van der Waals surface area contributed by atoms with Crippen LogP contribution in [0.3, 0.4) is 0 Å². The van der Waals surface area contributed by atoms with Crippen molar-refractivity contribution in [3.05, 3.63) is 11.4 Å². The normalized spacial score (nSPS) is 9.67. The van der Waals surface area contributed by atoms with Crippen molar-refractivity contribution in [2.75, 3.05) is 0 Å². The van der Waals surface area contributed by atoms with Gasteiger partial charge in [-0.2, -0.15) is 0 Å². The summed E-state index contributed by atoms with van der Waals surface area (Å²) in [4.78, 5) is 0. The van der Waals surface area contributed by atoms with Crippen LogP contribution in [-0.2, 0) is 19.9 Å². The fourth-order valence-electron chi connectivity index (χ4n) is 1.50. The topological polar surface area (TPSA) is 30.7 Å². The molecule has 0 saturated heterocycles. The molecule has 0 aliphatic carbocycles. The number of hydrogen-bond donors (Lipinski definition) is 0. The Bertz CT molecular complexity index is 253. The molecule has 1 rings (SSSR count). The van der Waals surface area contributed by atoms with Gasteiger partial charge in [-0.05, 0) is 19.3 Å². The minimum absolute atomic E-state index is 1.06. The van der Waals surface area contributed by atoms with Gasteiger partial charge in [-0.25, -0.2) is 0 Å². The van der Waals surface area contributed by atoms with E-state index in [1.807, 2.05) is 25.6 Å². The Kier molecular flexibility index (Phi) is 7.96. The minimum atomic E-state index is 1.06. The lowest BCUT2D eigenvalue weighted by atomic mass is 10.1. The number of aryl methyl sites for hydroxylation is 2. The standard InChI is InChI=1S/C10H19N3.C2H6/c1-4-6-8-10-9(7-5-2)11-12-13(10)3;1-2/h4-8H2,1-3H3;1-2H3. The molecule has 1 aromatic rings. The fraction of sp³-hybridized carbons (Fsp3) is 0.833. The van der Waals surface area contributed by atoms with Gasteiger partial charge in [0.2, 0.25) is 0 Å². The SMILES string of the molecule is CC.CCCCc1c(CCC)nnn1C. The smallest absolute Gasteiger partial charge is 0.0858 e. The van der Waals surface area contributed by atoms with Crippen LogP contribution in [0.25, 0.3) is 0 Å². The van der Waals surface area contributed by atoms with Crippen molar-refractivity contribution < 1.29 is 0 Å². The molecule has 3 heteroatoms. The molecule has 0 unspecified atom stereocenters. The summed E-state index contributed by atoms with van der Waals surface area (Å²) < 4.78 is 1.92. The summed E-state index contributed by atoms with van der Waals surface area (Å²) in [6.07, 6.45) is 5.80. The average molecular weight is 211 g/mol. The van der Waals surface area contributed by atoms with Crippen molar-refractivity contribution in [2.45, 2.75) is 59.8 Å². The zero-order valence-electron chi connectivity index (χ0n) is 10.9. The van der Waals surface area contributed by atoms with Gasteiger partial charge in [0.1, 0.15) is 0 Å². The first-order valence-electron chi connectivity index (χ1n) is 6.17. The third-order valence-electron chi connectivity index (χ3n) is 2.28. The van der Waals surface area contributed by atoms with Gasteiger partial charge in [0.05, 0.1) is 11.4 Å². The van der Waals surface area contributed by atoms with Crippen LogP contribution in [0.4, 0.5) is 0 Å². The molecule has 0 aliphatic rings. The van der Waals surface area contributed by atoms with Crippen LogP contribution >= 0.6 is 0 Å². The molecule has 0 aliphatic heterocycles. The van der Waals surface area contributed by atoms with E-state index in [1.54, 1.807) is 0 Å². The second-order valence-electron chi connectivity index (χ2n) is 3.46. The quantitative estimate of drug-likeness (QED) is 0.749. The summed E-state index contributed by atoms with van der Waals surface area (Å²) in [7, 11) is 1.98. The van der Waals surface area contributed by atoms with Crippen LogP contribution in [0.1, 0.15) is 58.3 Å². The molecule has 0 radical (unpaired) electrons. The lowest BCUT2D eigenvalue weighted by molar-refractivity contribution is 0.655. The van der Waals surface area contributed by atoms with E-state index in [2.05, 4.69) is 24.2 Å². The second kappa shape index (κ2) is 8.45. The Hall–Kier alpha value is -0.860. The Morgan fingerprint density at radius 3 is 2.27 bits per heavy atom. The van der Waals surface area contributed by atoms with E-state index in [-0.39, 0.29) is 0 Å². The summed E-state index contributed by atoms with van der Waals surface area (Å²) >= 11 is 0. The van der Waals surface area contributed by atoms with Crippen LogP contribution in [0.5, 0.6) is 0 Å². The highest BCUT2D eigenvalue weighted by molar-refractivity contribution is 5.10. The maximum atomic E-state index is 4.17. The summed E-state index contributed by atoms with van der Waals surface area (Å²) in [6.45, 7) is 8.39. The fourth-order valence-corrected chi connectivity index (χ4v) is 1.50. The van der Waals surface area contributed by atoms with Crippen LogP contribution in [0, 0.1) is 0 Å². The van der Waals surface area contributed by atoms with Crippen molar-refractivity contribution in [3.8, 4) is 0 Å². The lowest BCUT2D eigenvalue weighted by Gasteiger charge is -2.01. The van der Waals surface area contributed by atoms with Gasteiger partial charge >= 0.3 is 0 Å². The van der Waals surface area contributed by atoms with E-state index < -0.39 is 0 Å². The van der Waals surface area contributed by atoms with Gasteiger partial charge < -0.3 is 0 Å². The molecular weight excluding hydrogens is 186 g/mol. The van der Waals surface area contributed by atoms with Gasteiger partial charge in [-0.15, -0.1) is 5.10 Å². The molecule has 0 spiro atoms. The van der Waals surface area contributed by atoms with E-state index in [0.29, 0.717) is 0 Å².